The SMILES string of the molecule is Cc1ccccc1[C@H]1[C@@H]2CN(Cc3ccc(=O)[nH]c3)C[C@@H]2CN1C(=O)N(C)C. The van der Waals surface area contributed by atoms with Gasteiger partial charge in [0.2, 0.25) is 5.56 Å². The van der Waals surface area contributed by atoms with Gasteiger partial charge in [0.15, 0.2) is 0 Å². The van der Waals surface area contributed by atoms with E-state index in [4.69, 9.17) is 0 Å². The van der Waals surface area contributed by atoms with E-state index in [1.165, 1.54) is 11.1 Å². The molecule has 2 aromatic rings. The van der Waals surface area contributed by atoms with Crippen LogP contribution in [0.15, 0.2) is 47.4 Å². The number of rotatable bonds is 3. The summed E-state index contributed by atoms with van der Waals surface area (Å²) in [6.45, 7) is 5.69. The van der Waals surface area contributed by atoms with Crippen LogP contribution in [0.3, 0.4) is 0 Å². The first-order valence-electron chi connectivity index (χ1n) is 9.87. The van der Waals surface area contributed by atoms with Crippen molar-refractivity contribution in [3.05, 3.63) is 69.6 Å². The summed E-state index contributed by atoms with van der Waals surface area (Å²) in [5.74, 6) is 0.893. The van der Waals surface area contributed by atoms with E-state index in [1.807, 2.05) is 20.2 Å². The fraction of sp³-hybridized carbons (Fsp3) is 0.455. The van der Waals surface area contributed by atoms with E-state index in [9.17, 15) is 9.59 Å². The van der Waals surface area contributed by atoms with E-state index in [0.29, 0.717) is 11.8 Å². The topological polar surface area (TPSA) is 59.7 Å². The lowest BCUT2D eigenvalue weighted by Gasteiger charge is -2.32. The molecule has 3 heterocycles. The van der Waals surface area contributed by atoms with Gasteiger partial charge in [-0.05, 0) is 29.5 Å². The number of aromatic amines is 1. The molecule has 2 fully saturated rings. The van der Waals surface area contributed by atoms with Crippen LogP contribution in [-0.4, -0.2) is 59.4 Å². The van der Waals surface area contributed by atoms with Crippen molar-refractivity contribution in [2.75, 3.05) is 33.7 Å². The lowest BCUT2D eigenvalue weighted by atomic mass is 9.88. The highest BCUT2D eigenvalue weighted by Gasteiger charge is 2.49. The predicted octanol–water partition coefficient (Wildman–Crippen LogP) is 2.47. The fourth-order valence-corrected chi connectivity index (χ4v) is 4.84. The third kappa shape index (κ3) is 3.44. The van der Waals surface area contributed by atoms with Gasteiger partial charge in [0.05, 0.1) is 6.04 Å². The van der Waals surface area contributed by atoms with Crippen LogP contribution in [0.1, 0.15) is 22.7 Å². The number of nitrogens with one attached hydrogen (secondary N) is 1. The number of urea groups is 1. The van der Waals surface area contributed by atoms with Crippen LogP contribution in [0.25, 0.3) is 0 Å². The molecule has 0 unspecified atom stereocenters. The normalized spacial score (nSPS) is 24.4. The van der Waals surface area contributed by atoms with Crippen molar-refractivity contribution in [2.45, 2.75) is 19.5 Å². The van der Waals surface area contributed by atoms with Gasteiger partial charge in [-0.2, -0.15) is 0 Å². The Morgan fingerprint density at radius 1 is 1.14 bits per heavy atom. The molecule has 1 aromatic heterocycles. The Kier molecular flexibility index (Phi) is 4.98. The minimum absolute atomic E-state index is 0.0699. The summed E-state index contributed by atoms with van der Waals surface area (Å²) in [6.07, 6.45) is 1.80. The van der Waals surface area contributed by atoms with Crippen molar-refractivity contribution >= 4 is 6.03 Å². The molecule has 148 valence electrons. The Hall–Kier alpha value is -2.60. The van der Waals surface area contributed by atoms with Crippen LogP contribution in [0.4, 0.5) is 4.79 Å². The van der Waals surface area contributed by atoms with E-state index in [1.54, 1.807) is 17.2 Å². The van der Waals surface area contributed by atoms with Gasteiger partial charge in [-0.25, -0.2) is 4.79 Å². The number of pyridine rings is 1. The lowest BCUT2D eigenvalue weighted by molar-refractivity contribution is 0.151. The molecule has 0 bridgehead atoms. The molecule has 0 aliphatic carbocycles. The third-order valence-corrected chi connectivity index (χ3v) is 6.13. The molecule has 1 N–H and O–H groups in total. The maximum Gasteiger partial charge on any atom is 0.320 e. The number of benzene rings is 1. The molecule has 3 atom stereocenters. The van der Waals surface area contributed by atoms with Crippen LogP contribution in [-0.2, 0) is 6.54 Å². The zero-order valence-corrected chi connectivity index (χ0v) is 16.8. The number of likely N-dealkylation sites (tertiary alicyclic amines) is 2. The summed E-state index contributed by atoms with van der Waals surface area (Å²) in [7, 11) is 3.65. The molecular weight excluding hydrogens is 352 g/mol. The number of amides is 2. The number of carbonyl (C=O) groups is 1. The van der Waals surface area contributed by atoms with Crippen LogP contribution in [0.2, 0.25) is 0 Å². The maximum atomic E-state index is 12.9. The number of carbonyl (C=O) groups excluding carboxylic acids is 1. The van der Waals surface area contributed by atoms with Gasteiger partial charge in [-0.1, -0.05) is 30.3 Å². The number of hydrogen-bond donors (Lipinski definition) is 1. The van der Waals surface area contributed by atoms with Crippen LogP contribution < -0.4 is 5.56 Å². The zero-order chi connectivity index (χ0) is 19.8. The molecule has 2 aliphatic heterocycles. The molecule has 6 nitrogen and oxygen atoms in total. The predicted molar refractivity (Wildman–Crippen MR) is 109 cm³/mol. The van der Waals surface area contributed by atoms with E-state index >= 15 is 0 Å². The van der Waals surface area contributed by atoms with Gasteiger partial charge in [0.1, 0.15) is 0 Å². The van der Waals surface area contributed by atoms with Crippen molar-refractivity contribution in [1.82, 2.24) is 19.7 Å². The first-order chi connectivity index (χ1) is 13.4. The molecule has 28 heavy (non-hydrogen) atoms. The van der Waals surface area contributed by atoms with E-state index < -0.39 is 0 Å². The number of nitrogens with zero attached hydrogens (tertiary/aromatic N) is 3. The monoisotopic (exact) mass is 380 g/mol. The summed E-state index contributed by atoms with van der Waals surface area (Å²) < 4.78 is 0. The van der Waals surface area contributed by atoms with Crippen molar-refractivity contribution < 1.29 is 4.79 Å². The molecule has 0 spiro atoms. The Morgan fingerprint density at radius 3 is 2.61 bits per heavy atom. The molecule has 4 rings (SSSR count). The summed E-state index contributed by atoms with van der Waals surface area (Å²) in [5.41, 5.74) is 3.55. The molecule has 2 aliphatic rings. The Balaban J connectivity index is 1.58. The first kappa shape index (κ1) is 18.7. The van der Waals surface area contributed by atoms with Gasteiger partial charge in [0, 0.05) is 58.5 Å². The highest BCUT2D eigenvalue weighted by atomic mass is 16.2. The maximum absolute atomic E-state index is 12.9. The standard InChI is InChI=1S/C22H28N4O2/c1-15-6-4-5-7-18(15)21-19-14-25(11-16-8-9-20(27)23-10-16)12-17(19)13-26(21)22(28)24(2)3/h4-10,17,19,21H,11-14H2,1-3H3,(H,23,27)/t17-,19-,21+/m1/s1. The molecule has 0 saturated carbocycles. The fourth-order valence-electron chi connectivity index (χ4n) is 4.84. The third-order valence-electron chi connectivity index (χ3n) is 6.13. The second-order valence-electron chi connectivity index (χ2n) is 8.31. The molecule has 2 saturated heterocycles. The summed E-state index contributed by atoms with van der Waals surface area (Å²) in [5, 5.41) is 0. The first-order valence-corrected chi connectivity index (χ1v) is 9.87. The summed E-state index contributed by atoms with van der Waals surface area (Å²) >= 11 is 0. The molecule has 2 amide bonds. The molecule has 0 radical (unpaired) electrons. The van der Waals surface area contributed by atoms with Gasteiger partial charge < -0.3 is 14.8 Å². The number of aryl methyl sites for hydroxylation is 1. The van der Waals surface area contributed by atoms with Gasteiger partial charge in [-0.15, -0.1) is 0 Å². The highest BCUT2D eigenvalue weighted by molar-refractivity contribution is 5.75. The molecular formula is C22H28N4O2. The molecule has 6 heteroatoms. The van der Waals surface area contributed by atoms with Crippen molar-refractivity contribution in [3.8, 4) is 0 Å². The lowest BCUT2D eigenvalue weighted by Crippen LogP contribution is -2.41. The average molecular weight is 380 g/mol. The van der Waals surface area contributed by atoms with Gasteiger partial charge >= 0.3 is 6.03 Å². The van der Waals surface area contributed by atoms with Crippen LogP contribution in [0.5, 0.6) is 0 Å². The van der Waals surface area contributed by atoms with E-state index in [0.717, 1.165) is 31.7 Å². The van der Waals surface area contributed by atoms with E-state index in [2.05, 4.69) is 46.0 Å². The van der Waals surface area contributed by atoms with E-state index in [-0.39, 0.29) is 17.6 Å². The Morgan fingerprint density at radius 2 is 1.93 bits per heavy atom. The Bertz CT molecular complexity index is 902. The number of fused-ring (bicyclic) bond motifs is 1. The number of aromatic nitrogens is 1. The van der Waals surface area contributed by atoms with Crippen molar-refractivity contribution in [1.29, 1.82) is 0 Å². The highest BCUT2D eigenvalue weighted by Crippen LogP contribution is 2.46. The van der Waals surface area contributed by atoms with Crippen LogP contribution >= 0.6 is 0 Å². The van der Waals surface area contributed by atoms with Gasteiger partial charge in [0.25, 0.3) is 0 Å². The summed E-state index contributed by atoms with van der Waals surface area (Å²) in [6, 6.07) is 12.1. The Labute approximate surface area is 165 Å². The average Bonchev–Trinajstić information content (AvgIpc) is 3.20. The molecule has 1 aromatic carbocycles. The van der Waals surface area contributed by atoms with Crippen molar-refractivity contribution in [3.63, 3.8) is 0 Å². The number of H-pyrrole nitrogens is 1. The minimum Gasteiger partial charge on any atom is -0.331 e. The van der Waals surface area contributed by atoms with Crippen molar-refractivity contribution in [2.24, 2.45) is 11.8 Å². The quantitative estimate of drug-likeness (QED) is 0.890. The summed E-state index contributed by atoms with van der Waals surface area (Å²) in [4.78, 5) is 33.1. The second-order valence-corrected chi connectivity index (χ2v) is 8.31. The largest absolute Gasteiger partial charge is 0.331 e. The number of hydrogen-bond acceptors (Lipinski definition) is 3. The van der Waals surface area contributed by atoms with Gasteiger partial charge in [-0.3, -0.25) is 9.69 Å². The smallest absolute Gasteiger partial charge is 0.320 e. The zero-order valence-electron chi connectivity index (χ0n) is 16.8. The minimum atomic E-state index is -0.0699. The second kappa shape index (κ2) is 7.43. The van der Waals surface area contributed by atoms with Crippen LogP contribution in [0, 0.1) is 18.8 Å².